The minimum absolute atomic E-state index is 0.0335. The molecule has 0 unspecified atom stereocenters. The van der Waals surface area contributed by atoms with Crippen molar-refractivity contribution in [3.05, 3.63) is 77.9 Å². The number of rotatable bonds is 6. The number of carbonyl (C=O) groups is 4. The smallest absolute Gasteiger partial charge is 0.337 e. The maximum absolute atomic E-state index is 12.4. The van der Waals surface area contributed by atoms with Crippen molar-refractivity contribution in [3.8, 4) is 11.1 Å². The Morgan fingerprint density at radius 1 is 0.889 bits per heavy atom. The molecule has 2 heterocycles. The Morgan fingerprint density at radius 3 is 2.28 bits per heavy atom. The van der Waals surface area contributed by atoms with Crippen LogP contribution in [0.5, 0.6) is 0 Å². The molecule has 0 saturated carbocycles. The van der Waals surface area contributed by atoms with Crippen LogP contribution in [0.2, 0.25) is 0 Å². The number of fused-ring (bicyclic) bond motifs is 2. The SMILES string of the molecule is C[n+]1c2ccccc2c(C(=O)O)c2cccc(-c3ccccc3CCC(=O)ON3C(=O)CCC3=O)c21. The van der Waals surface area contributed by atoms with Crippen molar-refractivity contribution in [1.29, 1.82) is 0 Å². The summed E-state index contributed by atoms with van der Waals surface area (Å²) in [6.07, 6.45) is 0.360. The predicted octanol–water partition coefficient (Wildman–Crippen LogP) is 3.72. The van der Waals surface area contributed by atoms with Crippen LogP contribution in [0.1, 0.15) is 35.2 Å². The molecule has 0 spiro atoms. The first-order valence-corrected chi connectivity index (χ1v) is 11.6. The van der Waals surface area contributed by atoms with Gasteiger partial charge in [0.2, 0.25) is 11.0 Å². The third kappa shape index (κ3) is 3.96. The van der Waals surface area contributed by atoms with Gasteiger partial charge < -0.3 is 9.94 Å². The zero-order valence-electron chi connectivity index (χ0n) is 19.6. The lowest BCUT2D eigenvalue weighted by Gasteiger charge is -2.14. The molecule has 3 aromatic carbocycles. The van der Waals surface area contributed by atoms with E-state index < -0.39 is 23.8 Å². The van der Waals surface area contributed by atoms with Crippen molar-refractivity contribution < 1.29 is 33.7 Å². The summed E-state index contributed by atoms with van der Waals surface area (Å²) in [6, 6.07) is 20.5. The third-order valence-corrected chi connectivity index (χ3v) is 6.49. The Morgan fingerprint density at radius 2 is 1.53 bits per heavy atom. The Balaban J connectivity index is 1.56. The highest BCUT2D eigenvalue weighted by atomic mass is 16.7. The molecule has 8 heteroatoms. The van der Waals surface area contributed by atoms with Crippen LogP contribution in [-0.4, -0.2) is 33.9 Å². The lowest BCUT2D eigenvalue weighted by Crippen LogP contribution is -2.32. The molecule has 2 amide bonds. The van der Waals surface area contributed by atoms with Crippen LogP contribution < -0.4 is 4.57 Å². The maximum atomic E-state index is 12.4. The van der Waals surface area contributed by atoms with E-state index in [-0.39, 0.29) is 24.8 Å². The van der Waals surface area contributed by atoms with Crippen molar-refractivity contribution in [3.63, 3.8) is 0 Å². The maximum Gasteiger partial charge on any atom is 0.337 e. The van der Waals surface area contributed by atoms with Gasteiger partial charge in [-0.05, 0) is 35.7 Å². The first-order valence-electron chi connectivity index (χ1n) is 11.6. The van der Waals surface area contributed by atoms with E-state index in [0.29, 0.717) is 22.3 Å². The number of pyridine rings is 1. The second-order valence-electron chi connectivity index (χ2n) is 8.66. The summed E-state index contributed by atoms with van der Waals surface area (Å²) in [5, 5.41) is 11.9. The Labute approximate surface area is 206 Å². The Hall–Kier alpha value is -4.59. The molecule has 1 saturated heterocycles. The second kappa shape index (κ2) is 9.22. The first kappa shape index (κ1) is 23.2. The molecule has 1 fully saturated rings. The number of aryl methyl sites for hydroxylation is 2. The van der Waals surface area contributed by atoms with Crippen LogP contribution in [0.3, 0.4) is 0 Å². The normalized spacial score (nSPS) is 13.5. The zero-order chi connectivity index (χ0) is 25.4. The summed E-state index contributed by atoms with van der Waals surface area (Å²) in [6.45, 7) is 0. The molecule has 0 atom stereocenters. The summed E-state index contributed by atoms with van der Waals surface area (Å²) in [5.74, 6) is -2.70. The number of amides is 2. The van der Waals surface area contributed by atoms with Crippen molar-refractivity contribution >= 4 is 45.6 Å². The van der Waals surface area contributed by atoms with E-state index >= 15 is 0 Å². The molecule has 36 heavy (non-hydrogen) atoms. The highest BCUT2D eigenvalue weighted by Gasteiger charge is 2.33. The molecule has 4 aromatic rings. The van der Waals surface area contributed by atoms with Crippen LogP contribution in [0.15, 0.2) is 66.7 Å². The fourth-order valence-electron chi connectivity index (χ4n) is 4.84. The number of para-hydroxylation sites is 2. The van der Waals surface area contributed by atoms with E-state index in [1.54, 1.807) is 12.1 Å². The number of hydroxylamine groups is 2. The number of nitrogens with zero attached hydrogens (tertiary/aromatic N) is 2. The van der Waals surface area contributed by atoms with Crippen molar-refractivity contribution in [2.45, 2.75) is 25.7 Å². The van der Waals surface area contributed by atoms with Crippen LogP contribution in [0.25, 0.3) is 32.9 Å². The van der Waals surface area contributed by atoms with Crippen molar-refractivity contribution in [2.24, 2.45) is 7.05 Å². The molecule has 0 radical (unpaired) electrons. The fourth-order valence-corrected chi connectivity index (χ4v) is 4.84. The highest BCUT2D eigenvalue weighted by Crippen LogP contribution is 2.34. The lowest BCUT2D eigenvalue weighted by molar-refractivity contribution is -0.617. The van der Waals surface area contributed by atoms with Gasteiger partial charge >= 0.3 is 11.9 Å². The molecule has 0 bridgehead atoms. The number of aromatic nitrogens is 1. The van der Waals surface area contributed by atoms with E-state index in [2.05, 4.69) is 0 Å². The number of hydrogen-bond acceptors (Lipinski definition) is 5. The number of hydrogen-bond donors (Lipinski definition) is 1. The van der Waals surface area contributed by atoms with Crippen LogP contribution >= 0.6 is 0 Å². The second-order valence-corrected chi connectivity index (χ2v) is 8.66. The number of imide groups is 1. The number of carboxylic acids is 1. The molecule has 0 aliphatic carbocycles. The molecular formula is C28H23N2O6+. The largest absolute Gasteiger partial charge is 0.478 e. The van der Waals surface area contributed by atoms with Crippen LogP contribution in [0.4, 0.5) is 0 Å². The van der Waals surface area contributed by atoms with Gasteiger partial charge in [0.25, 0.3) is 11.8 Å². The molecular weight excluding hydrogens is 460 g/mol. The minimum atomic E-state index is -1.00. The zero-order valence-corrected chi connectivity index (χ0v) is 19.6. The van der Waals surface area contributed by atoms with E-state index in [4.69, 9.17) is 4.84 Å². The van der Waals surface area contributed by atoms with E-state index in [1.807, 2.05) is 66.2 Å². The predicted molar refractivity (Wildman–Crippen MR) is 131 cm³/mol. The molecule has 5 rings (SSSR count). The monoisotopic (exact) mass is 483 g/mol. The van der Waals surface area contributed by atoms with Crippen molar-refractivity contribution in [2.75, 3.05) is 0 Å². The molecule has 1 aliphatic heterocycles. The van der Waals surface area contributed by atoms with Gasteiger partial charge in [-0.3, -0.25) is 9.59 Å². The highest BCUT2D eigenvalue weighted by molar-refractivity contribution is 6.14. The van der Waals surface area contributed by atoms with Gasteiger partial charge in [-0.15, -0.1) is 5.06 Å². The third-order valence-electron chi connectivity index (χ3n) is 6.49. The molecule has 180 valence electrons. The molecule has 1 N–H and O–H groups in total. The minimum Gasteiger partial charge on any atom is -0.478 e. The quantitative estimate of drug-likeness (QED) is 0.255. The van der Waals surface area contributed by atoms with E-state index in [9.17, 15) is 24.3 Å². The first-order chi connectivity index (χ1) is 17.4. The van der Waals surface area contributed by atoms with Gasteiger partial charge in [-0.25, -0.2) is 9.59 Å². The summed E-state index contributed by atoms with van der Waals surface area (Å²) < 4.78 is 1.99. The number of carboxylic acid groups (broad SMARTS) is 1. The van der Waals surface area contributed by atoms with Crippen LogP contribution in [0, 0.1) is 0 Å². The number of benzene rings is 3. The fraction of sp³-hybridized carbons (Fsp3) is 0.179. The summed E-state index contributed by atoms with van der Waals surface area (Å²) in [7, 11) is 1.91. The Kier molecular flexibility index (Phi) is 5.93. The van der Waals surface area contributed by atoms with Gasteiger partial charge in [0, 0.05) is 18.9 Å². The molecule has 8 nitrogen and oxygen atoms in total. The molecule has 1 aromatic heterocycles. The average Bonchev–Trinajstić information content (AvgIpc) is 3.19. The van der Waals surface area contributed by atoms with E-state index in [0.717, 1.165) is 27.7 Å². The number of aromatic carboxylic acids is 1. The van der Waals surface area contributed by atoms with Gasteiger partial charge in [0.05, 0.1) is 28.3 Å². The average molecular weight is 484 g/mol. The van der Waals surface area contributed by atoms with Crippen LogP contribution in [-0.2, 0) is 32.7 Å². The van der Waals surface area contributed by atoms with Gasteiger partial charge in [0.15, 0.2) is 0 Å². The Bertz CT molecular complexity index is 1560. The summed E-state index contributed by atoms with van der Waals surface area (Å²) in [4.78, 5) is 53.2. The topological polar surface area (TPSA) is 105 Å². The summed E-state index contributed by atoms with van der Waals surface area (Å²) in [5.41, 5.74) is 4.32. The lowest BCUT2D eigenvalue weighted by atomic mass is 9.92. The van der Waals surface area contributed by atoms with Gasteiger partial charge in [-0.1, -0.05) is 42.5 Å². The van der Waals surface area contributed by atoms with E-state index in [1.165, 1.54) is 0 Å². The standard InChI is InChI=1S/C28H22N2O6/c1-29-22-12-5-4-9-20(22)26(28(34)35)21-11-6-10-19(27(21)29)18-8-3-2-7-17(18)13-16-25(33)36-30-23(31)14-15-24(30)32/h2-12H,13-16H2,1H3/p+1. The van der Waals surface area contributed by atoms with Gasteiger partial charge in [-0.2, -0.15) is 4.57 Å². The molecule has 1 aliphatic rings. The van der Waals surface area contributed by atoms with Crippen molar-refractivity contribution in [1.82, 2.24) is 5.06 Å². The summed E-state index contributed by atoms with van der Waals surface area (Å²) >= 11 is 0. The number of carbonyl (C=O) groups excluding carboxylic acids is 3. The van der Waals surface area contributed by atoms with Gasteiger partial charge in [0.1, 0.15) is 7.05 Å².